The van der Waals surface area contributed by atoms with E-state index in [9.17, 15) is 0 Å². The van der Waals surface area contributed by atoms with Gasteiger partial charge < -0.3 is 15.5 Å². The molecule has 1 unspecified atom stereocenters. The summed E-state index contributed by atoms with van der Waals surface area (Å²) in [6.07, 6.45) is 9.76. The van der Waals surface area contributed by atoms with E-state index >= 15 is 0 Å². The SMILES string of the molecule is CN=C(NC1CCC1)NC1CCCN(c2ncccn2)C1.I. The van der Waals surface area contributed by atoms with E-state index in [2.05, 4.69) is 30.5 Å². The molecule has 1 aliphatic carbocycles. The number of hydrogen-bond acceptors (Lipinski definition) is 4. The van der Waals surface area contributed by atoms with E-state index in [0.717, 1.165) is 37.8 Å². The zero-order valence-corrected chi connectivity index (χ0v) is 15.4. The van der Waals surface area contributed by atoms with E-state index in [1.165, 1.54) is 19.3 Å². The molecule has 6 nitrogen and oxygen atoms in total. The average molecular weight is 416 g/mol. The summed E-state index contributed by atoms with van der Waals surface area (Å²) >= 11 is 0. The Bertz CT molecular complexity index is 476. The number of nitrogens with one attached hydrogen (secondary N) is 2. The van der Waals surface area contributed by atoms with Gasteiger partial charge in [0.25, 0.3) is 0 Å². The fourth-order valence-corrected chi connectivity index (χ4v) is 2.84. The molecule has 2 heterocycles. The smallest absolute Gasteiger partial charge is 0.225 e. The van der Waals surface area contributed by atoms with E-state index in [1.807, 2.05) is 13.1 Å². The van der Waals surface area contributed by atoms with Crippen molar-refractivity contribution in [3.63, 3.8) is 0 Å². The number of hydrogen-bond donors (Lipinski definition) is 2. The lowest BCUT2D eigenvalue weighted by Gasteiger charge is -2.35. The number of piperidine rings is 1. The molecule has 1 saturated carbocycles. The molecule has 1 aromatic rings. The first-order valence-corrected chi connectivity index (χ1v) is 7.87. The van der Waals surface area contributed by atoms with Gasteiger partial charge in [-0.15, -0.1) is 24.0 Å². The number of guanidine groups is 1. The normalized spacial score (nSPS) is 22.5. The molecule has 1 saturated heterocycles. The van der Waals surface area contributed by atoms with Crippen LogP contribution in [0.15, 0.2) is 23.5 Å². The van der Waals surface area contributed by atoms with Crippen molar-refractivity contribution in [2.45, 2.75) is 44.2 Å². The first kappa shape index (κ1) is 17.2. The lowest BCUT2D eigenvalue weighted by atomic mass is 9.93. The van der Waals surface area contributed by atoms with E-state index in [1.54, 1.807) is 12.4 Å². The third kappa shape index (κ3) is 4.44. The summed E-state index contributed by atoms with van der Waals surface area (Å²) in [6, 6.07) is 2.86. The highest BCUT2D eigenvalue weighted by atomic mass is 127. The van der Waals surface area contributed by atoms with Gasteiger partial charge in [0.1, 0.15) is 0 Å². The van der Waals surface area contributed by atoms with Crippen LogP contribution in [0.3, 0.4) is 0 Å². The molecule has 2 N–H and O–H groups in total. The number of rotatable bonds is 3. The number of nitrogens with zero attached hydrogens (tertiary/aromatic N) is 4. The first-order chi connectivity index (χ1) is 10.3. The molecule has 1 aromatic heterocycles. The van der Waals surface area contributed by atoms with Gasteiger partial charge in [-0.25, -0.2) is 9.97 Å². The predicted molar refractivity (Wildman–Crippen MR) is 100.0 cm³/mol. The minimum atomic E-state index is 0. The van der Waals surface area contributed by atoms with E-state index in [-0.39, 0.29) is 24.0 Å². The summed E-state index contributed by atoms with van der Waals surface area (Å²) in [5.74, 6) is 1.76. The van der Waals surface area contributed by atoms with E-state index in [4.69, 9.17) is 0 Å². The van der Waals surface area contributed by atoms with Crippen molar-refractivity contribution in [2.75, 3.05) is 25.0 Å². The van der Waals surface area contributed by atoms with Crippen LogP contribution >= 0.6 is 24.0 Å². The highest BCUT2D eigenvalue weighted by molar-refractivity contribution is 14.0. The summed E-state index contributed by atoms with van der Waals surface area (Å²) in [5, 5.41) is 7.04. The molecule has 0 amide bonds. The predicted octanol–water partition coefficient (Wildman–Crippen LogP) is 1.78. The summed E-state index contributed by atoms with van der Waals surface area (Å²) in [4.78, 5) is 15.3. The third-order valence-corrected chi connectivity index (χ3v) is 4.27. The van der Waals surface area contributed by atoms with E-state index in [0.29, 0.717) is 12.1 Å². The third-order valence-electron chi connectivity index (χ3n) is 4.27. The van der Waals surface area contributed by atoms with Crippen molar-refractivity contribution in [2.24, 2.45) is 4.99 Å². The lowest BCUT2D eigenvalue weighted by molar-refractivity contribution is 0.374. The Labute approximate surface area is 149 Å². The maximum absolute atomic E-state index is 4.35. The maximum Gasteiger partial charge on any atom is 0.225 e. The van der Waals surface area contributed by atoms with Crippen LogP contribution in [0, 0.1) is 0 Å². The molecule has 122 valence electrons. The fraction of sp³-hybridized carbons (Fsp3) is 0.667. The minimum Gasteiger partial charge on any atom is -0.354 e. The maximum atomic E-state index is 4.35. The molecule has 22 heavy (non-hydrogen) atoms. The molecule has 2 fully saturated rings. The lowest BCUT2D eigenvalue weighted by Crippen LogP contribution is -2.54. The first-order valence-electron chi connectivity index (χ1n) is 7.87. The minimum absolute atomic E-state index is 0. The molecule has 1 atom stereocenters. The Morgan fingerprint density at radius 3 is 2.45 bits per heavy atom. The second-order valence-corrected chi connectivity index (χ2v) is 5.82. The molecule has 1 aliphatic heterocycles. The van der Waals surface area contributed by atoms with Gasteiger partial charge in [0.05, 0.1) is 0 Å². The Kier molecular flexibility index (Phi) is 6.66. The van der Waals surface area contributed by atoms with Crippen molar-refractivity contribution >= 4 is 35.9 Å². The molecule has 7 heteroatoms. The van der Waals surface area contributed by atoms with Crippen LogP contribution in [-0.4, -0.2) is 48.1 Å². The quantitative estimate of drug-likeness (QED) is 0.447. The summed E-state index contributed by atoms with van der Waals surface area (Å²) in [7, 11) is 1.84. The zero-order chi connectivity index (χ0) is 14.5. The van der Waals surface area contributed by atoms with Gasteiger partial charge in [0.2, 0.25) is 5.95 Å². The van der Waals surface area contributed by atoms with Crippen molar-refractivity contribution in [3.05, 3.63) is 18.5 Å². The van der Waals surface area contributed by atoms with Crippen LogP contribution in [-0.2, 0) is 0 Å². The van der Waals surface area contributed by atoms with Crippen LogP contribution < -0.4 is 15.5 Å². The molecule has 3 rings (SSSR count). The largest absolute Gasteiger partial charge is 0.354 e. The number of aliphatic imine (C=N–C) groups is 1. The Morgan fingerprint density at radius 1 is 1.14 bits per heavy atom. The molecule has 0 spiro atoms. The van der Waals surface area contributed by atoms with Gasteiger partial charge in [-0.05, 0) is 38.2 Å². The number of halogens is 1. The van der Waals surface area contributed by atoms with Gasteiger partial charge in [-0.2, -0.15) is 0 Å². The highest BCUT2D eigenvalue weighted by Gasteiger charge is 2.24. The fourth-order valence-electron chi connectivity index (χ4n) is 2.84. The second-order valence-electron chi connectivity index (χ2n) is 5.82. The van der Waals surface area contributed by atoms with Crippen LogP contribution in [0.25, 0.3) is 0 Å². The van der Waals surface area contributed by atoms with Crippen LogP contribution in [0.5, 0.6) is 0 Å². The summed E-state index contributed by atoms with van der Waals surface area (Å²) < 4.78 is 0. The Balaban J connectivity index is 0.00000176. The van der Waals surface area contributed by atoms with Crippen LogP contribution in [0.4, 0.5) is 5.95 Å². The van der Waals surface area contributed by atoms with Gasteiger partial charge in [-0.3, -0.25) is 4.99 Å². The van der Waals surface area contributed by atoms with Gasteiger partial charge in [-0.1, -0.05) is 0 Å². The summed E-state index contributed by atoms with van der Waals surface area (Å²) in [5.41, 5.74) is 0. The van der Waals surface area contributed by atoms with Crippen molar-refractivity contribution in [1.29, 1.82) is 0 Å². The monoisotopic (exact) mass is 416 g/mol. The highest BCUT2D eigenvalue weighted by Crippen LogP contribution is 2.18. The van der Waals surface area contributed by atoms with Crippen molar-refractivity contribution in [3.8, 4) is 0 Å². The van der Waals surface area contributed by atoms with Crippen molar-refractivity contribution < 1.29 is 0 Å². The average Bonchev–Trinajstić information content (AvgIpc) is 2.51. The Morgan fingerprint density at radius 2 is 1.82 bits per heavy atom. The van der Waals surface area contributed by atoms with Gasteiger partial charge in [0, 0.05) is 44.6 Å². The van der Waals surface area contributed by atoms with Crippen LogP contribution in [0.1, 0.15) is 32.1 Å². The number of aromatic nitrogens is 2. The standard InChI is InChI=1S/C15H24N6.HI/c1-16-14(19-12-5-2-6-12)20-13-7-3-10-21(11-13)15-17-8-4-9-18-15;/h4,8-9,12-13H,2-3,5-7,10-11H2,1H3,(H2,16,19,20);1H. The zero-order valence-electron chi connectivity index (χ0n) is 13.0. The topological polar surface area (TPSA) is 65.4 Å². The molecule has 2 aliphatic rings. The summed E-state index contributed by atoms with van der Waals surface area (Å²) in [6.45, 7) is 1.95. The van der Waals surface area contributed by atoms with Gasteiger partial charge >= 0.3 is 0 Å². The Hall–Kier alpha value is -1.12. The number of anilines is 1. The van der Waals surface area contributed by atoms with E-state index < -0.39 is 0 Å². The molecule has 0 aromatic carbocycles. The van der Waals surface area contributed by atoms with Gasteiger partial charge in [0.15, 0.2) is 5.96 Å². The molecular weight excluding hydrogens is 391 g/mol. The molecular formula is C15H25IN6. The molecule has 0 bridgehead atoms. The second kappa shape index (κ2) is 8.50. The van der Waals surface area contributed by atoms with Crippen molar-refractivity contribution in [1.82, 2.24) is 20.6 Å². The van der Waals surface area contributed by atoms with Crippen LogP contribution in [0.2, 0.25) is 0 Å². The molecule has 0 radical (unpaired) electrons.